The highest BCUT2D eigenvalue weighted by Crippen LogP contribution is 2.45. The van der Waals surface area contributed by atoms with Crippen LogP contribution in [0.15, 0.2) is 24.3 Å². The maximum Gasteiger partial charge on any atom is -0.00817 e. The van der Waals surface area contributed by atoms with Crippen LogP contribution in [-0.2, 0) is 0 Å². The highest BCUT2D eigenvalue weighted by Gasteiger charge is 2.35. The molecule has 1 unspecified atom stereocenters. The van der Waals surface area contributed by atoms with E-state index in [2.05, 4.69) is 53.3 Å². The lowest BCUT2D eigenvalue weighted by Gasteiger charge is -2.38. The third-order valence-electron chi connectivity index (χ3n) is 3.08. The first kappa shape index (κ1) is 11.6. The first-order valence-electron chi connectivity index (χ1n) is 5.58. The van der Waals surface area contributed by atoms with Gasteiger partial charge in [0.15, 0.2) is 0 Å². The van der Waals surface area contributed by atoms with Crippen molar-refractivity contribution >= 4 is 0 Å². The van der Waals surface area contributed by atoms with Crippen molar-refractivity contribution in [1.29, 1.82) is 0 Å². The van der Waals surface area contributed by atoms with Crippen LogP contribution in [0.4, 0.5) is 0 Å². The summed E-state index contributed by atoms with van der Waals surface area (Å²) >= 11 is 0. The van der Waals surface area contributed by atoms with Crippen molar-refractivity contribution in [2.75, 3.05) is 0 Å². The zero-order valence-corrected chi connectivity index (χ0v) is 10.4. The van der Waals surface area contributed by atoms with Crippen LogP contribution in [0.25, 0.3) is 0 Å². The highest BCUT2D eigenvalue weighted by atomic mass is 14.4. The van der Waals surface area contributed by atoms with Crippen LogP contribution in [0.2, 0.25) is 0 Å². The summed E-state index contributed by atoms with van der Waals surface area (Å²) in [7, 11) is 0. The van der Waals surface area contributed by atoms with E-state index < -0.39 is 0 Å². The molecule has 0 aromatic rings. The van der Waals surface area contributed by atoms with Gasteiger partial charge in [0.25, 0.3) is 0 Å². The van der Waals surface area contributed by atoms with E-state index in [9.17, 15) is 0 Å². The molecule has 80 valence electrons. The molecule has 0 aliphatic heterocycles. The Bertz CT molecular complexity index is 248. The van der Waals surface area contributed by atoms with E-state index in [1.807, 2.05) is 0 Å². The molecule has 14 heavy (non-hydrogen) atoms. The molecule has 0 spiro atoms. The average molecular weight is 192 g/mol. The van der Waals surface area contributed by atoms with Crippen LogP contribution < -0.4 is 0 Å². The van der Waals surface area contributed by atoms with Gasteiger partial charge in [0.1, 0.15) is 0 Å². The molecule has 0 saturated heterocycles. The van der Waals surface area contributed by atoms with E-state index in [1.165, 1.54) is 18.4 Å². The fourth-order valence-corrected chi connectivity index (χ4v) is 2.93. The third-order valence-corrected chi connectivity index (χ3v) is 3.08. The first-order chi connectivity index (χ1) is 6.22. The van der Waals surface area contributed by atoms with Crippen LogP contribution in [0.1, 0.15) is 47.5 Å². The Morgan fingerprint density at radius 2 is 1.86 bits per heavy atom. The second kappa shape index (κ2) is 3.56. The molecular weight excluding hydrogens is 168 g/mol. The van der Waals surface area contributed by atoms with Gasteiger partial charge >= 0.3 is 0 Å². The van der Waals surface area contributed by atoms with E-state index in [1.54, 1.807) is 0 Å². The summed E-state index contributed by atoms with van der Waals surface area (Å²) in [5.41, 5.74) is 2.10. The van der Waals surface area contributed by atoms with Crippen molar-refractivity contribution in [3.8, 4) is 0 Å². The van der Waals surface area contributed by atoms with Crippen molar-refractivity contribution in [3.05, 3.63) is 24.3 Å². The van der Waals surface area contributed by atoms with E-state index in [0.717, 1.165) is 0 Å². The Morgan fingerprint density at radius 1 is 1.29 bits per heavy atom. The van der Waals surface area contributed by atoms with Gasteiger partial charge in [-0.1, -0.05) is 58.9 Å². The first-order valence-corrected chi connectivity index (χ1v) is 5.58. The third kappa shape index (κ3) is 2.73. The van der Waals surface area contributed by atoms with Crippen LogP contribution in [0.5, 0.6) is 0 Å². The molecule has 1 rings (SSSR count). The number of hydrogen-bond donors (Lipinski definition) is 0. The molecule has 0 fully saturated rings. The Kier molecular flexibility index (Phi) is 2.94. The van der Waals surface area contributed by atoms with Gasteiger partial charge in [-0.05, 0) is 29.6 Å². The minimum atomic E-state index is 0.374. The van der Waals surface area contributed by atoms with Crippen LogP contribution in [0, 0.1) is 16.7 Å². The summed E-state index contributed by atoms with van der Waals surface area (Å²) in [4.78, 5) is 0. The Balaban J connectivity index is 2.70. The molecule has 1 aliphatic rings. The maximum absolute atomic E-state index is 4.15. The predicted octanol–water partition coefficient (Wildman–Crippen LogP) is 4.58. The Morgan fingerprint density at radius 3 is 2.21 bits per heavy atom. The minimum absolute atomic E-state index is 0.374. The van der Waals surface area contributed by atoms with Crippen molar-refractivity contribution in [1.82, 2.24) is 0 Å². The topological polar surface area (TPSA) is 0 Å². The van der Waals surface area contributed by atoms with Gasteiger partial charge in [-0.3, -0.25) is 0 Å². The van der Waals surface area contributed by atoms with Crippen LogP contribution in [-0.4, -0.2) is 0 Å². The molecule has 0 aromatic carbocycles. The number of hydrogen-bond acceptors (Lipinski definition) is 0. The second-order valence-electron chi connectivity index (χ2n) is 6.49. The quantitative estimate of drug-likeness (QED) is 0.600. The maximum atomic E-state index is 4.15. The molecule has 0 heteroatoms. The molecular formula is C14H24. The van der Waals surface area contributed by atoms with Gasteiger partial charge in [-0.2, -0.15) is 0 Å². The summed E-state index contributed by atoms with van der Waals surface area (Å²) < 4.78 is 0. The summed E-state index contributed by atoms with van der Waals surface area (Å²) in [6.45, 7) is 15.9. The lowest BCUT2D eigenvalue weighted by Crippen LogP contribution is -2.28. The van der Waals surface area contributed by atoms with Gasteiger partial charge in [0.2, 0.25) is 0 Å². The van der Waals surface area contributed by atoms with Gasteiger partial charge in [0, 0.05) is 0 Å². The molecule has 0 bridgehead atoms. The standard InChI is InChI=1S/C14H24/c1-11-8-7-9-12(11)14(5,6)10-13(2,3)4/h7-8,12H,1,9-10H2,2-6H3. The Hall–Kier alpha value is -0.520. The van der Waals surface area contributed by atoms with E-state index >= 15 is 0 Å². The van der Waals surface area contributed by atoms with E-state index in [4.69, 9.17) is 0 Å². The SMILES string of the molecule is C=C1C=CCC1C(C)(C)CC(C)(C)C. The zero-order chi connectivity index (χ0) is 11.0. The predicted molar refractivity (Wildman–Crippen MR) is 64.2 cm³/mol. The molecule has 0 aromatic heterocycles. The second-order valence-corrected chi connectivity index (χ2v) is 6.49. The smallest absolute Gasteiger partial charge is 0.00817 e. The summed E-state index contributed by atoms with van der Waals surface area (Å²) in [6, 6.07) is 0. The van der Waals surface area contributed by atoms with Crippen molar-refractivity contribution in [3.63, 3.8) is 0 Å². The molecule has 0 heterocycles. The lowest BCUT2D eigenvalue weighted by molar-refractivity contribution is 0.157. The summed E-state index contributed by atoms with van der Waals surface area (Å²) in [5, 5.41) is 0. The van der Waals surface area contributed by atoms with Gasteiger partial charge in [-0.15, -0.1) is 0 Å². The fraction of sp³-hybridized carbons (Fsp3) is 0.714. The molecule has 0 radical (unpaired) electrons. The van der Waals surface area contributed by atoms with Crippen LogP contribution in [0.3, 0.4) is 0 Å². The minimum Gasteiger partial charge on any atom is -0.0955 e. The van der Waals surface area contributed by atoms with Gasteiger partial charge in [-0.25, -0.2) is 0 Å². The lowest BCUT2D eigenvalue weighted by atomic mass is 9.67. The molecule has 1 atom stereocenters. The van der Waals surface area contributed by atoms with Gasteiger partial charge < -0.3 is 0 Å². The molecule has 0 saturated carbocycles. The molecule has 0 nitrogen and oxygen atoms in total. The number of allylic oxidation sites excluding steroid dienone is 3. The fourth-order valence-electron chi connectivity index (χ4n) is 2.93. The van der Waals surface area contributed by atoms with Crippen molar-refractivity contribution < 1.29 is 0 Å². The Labute approximate surface area is 89.1 Å². The number of rotatable bonds is 2. The average Bonchev–Trinajstić information content (AvgIpc) is 2.29. The van der Waals surface area contributed by atoms with Crippen LogP contribution >= 0.6 is 0 Å². The molecule has 1 aliphatic carbocycles. The largest absolute Gasteiger partial charge is 0.0955 e. The van der Waals surface area contributed by atoms with Gasteiger partial charge in [0.05, 0.1) is 0 Å². The monoisotopic (exact) mass is 192 g/mol. The summed E-state index contributed by atoms with van der Waals surface area (Å²) in [5.74, 6) is 0.654. The van der Waals surface area contributed by atoms with Crippen molar-refractivity contribution in [2.24, 2.45) is 16.7 Å². The van der Waals surface area contributed by atoms with Crippen molar-refractivity contribution in [2.45, 2.75) is 47.5 Å². The summed E-state index contributed by atoms with van der Waals surface area (Å²) in [6.07, 6.45) is 6.89. The van der Waals surface area contributed by atoms with E-state index in [-0.39, 0.29) is 0 Å². The zero-order valence-electron chi connectivity index (χ0n) is 10.4. The highest BCUT2D eigenvalue weighted by molar-refractivity contribution is 5.27. The molecule has 0 amide bonds. The normalized spacial score (nSPS) is 23.2. The van der Waals surface area contributed by atoms with E-state index in [0.29, 0.717) is 16.7 Å². The molecule has 0 N–H and O–H groups in total.